The van der Waals surface area contributed by atoms with Crippen molar-refractivity contribution in [2.24, 2.45) is 0 Å². The van der Waals surface area contributed by atoms with Crippen LogP contribution in [-0.2, 0) is 10.0 Å². The van der Waals surface area contributed by atoms with E-state index in [1.165, 1.54) is 36.7 Å². The first kappa shape index (κ1) is 17.5. The van der Waals surface area contributed by atoms with Crippen molar-refractivity contribution >= 4 is 21.6 Å². The molecule has 0 atom stereocenters. The second-order valence-corrected chi connectivity index (χ2v) is 8.12. The van der Waals surface area contributed by atoms with Crippen LogP contribution in [0, 0.1) is 6.92 Å². The van der Waals surface area contributed by atoms with Crippen LogP contribution in [0.2, 0.25) is 5.02 Å². The molecule has 0 bridgehead atoms. The third kappa shape index (κ3) is 3.15. The predicted octanol–water partition coefficient (Wildman–Crippen LogP) is 4.40. The minimum absolute atomic E-state index is 0.104. The summed E-state index contributed by atoms with van der Waals surface area (Å²) in [5, 5.41) is 8.63. The average molecular weight is 400 g/mol. The Bertz CT molecular complexity index is 1200. The molecule has 6 nitrogen and oxygen atoms in total. The van der Waals surface area contributed by atoms with Gasteiger partial charge in [0.1, 0.15) is 11.5 Å². The van der Waals surface area contributed by atoms with E-state index >= 15 is 0 Å². The number of hydrogen-bond donors (Lipinski definition) is 0. The lowest BCUT2D eigenvalue weighted by Crippen LogP contribution is -2.13. The summed E-state index contributed by atoms with van der Waals surface area (Å²) in [7, 11) is -3.82. The highest BCUT2D eigenvalue weighted by Gasteiger charge is 2.22. The van der Waals surface area contributed by atoms with Crippen LogP contribution in [0.1, 0.15) is 5.76 Å². The molecule has 0 unspecified atom stereocenters. The molecule has 0 spiro atoms. The molecule has 0 amide bonds. The van der Waals surface area contributed by atoms with Crippen LogP contribution in [0.5, 0.6) is 0 Å². The third-order valence-corrected chi connectivity index (χ3v) is 5.93. The quantitative estimate of drug-likeness (QED) is 0.508. The maximum absolute atomic E-state index is 12.8. The van der Waals surface area contributed by atoms with Gasteiger partial charge in [-0.3, -0.25) is 0 Å². The zero-order chi connectivity index (χ0) is 19.0. The molecule has 4 aromatic rings. The molecule has 0 radical (unpaired) electrons. The van der Waals surface area contributed by atoms with Crippen LogP contribution in [0.25, 0.3) is 22.4 Å². The summed E-state index contributed by atoms with van der Waals surface area (Å²) in [4.78, 5) is 0.104. The topological polar surface area (TPSA) is 78.0 Å². The van der Waals surface area contributed by atoms with Gasteiger partial charge in [0.25, 0.3) is 10.0 Å². The van der Waals surface area contributed by atoms with E-state index in [2.05, 4.69) is 10.3 Å². The molecule has 0 aliphatic carbocycles. The van der Waals surface area contributed by atoms with Gasteiger partial charge in [0.15, 0.2) is 0 Å². The van der Waals surface area contributed by atoms with Gasteiger partial charge in [-0.15, -0.1) is 0 Å². The first-order chi connectivity index (χ1) is 13.0. The fourth-order valence-corrected chi connectivity index (χ4v) is 4.03. The zero-order valence-corrected chi connectivity index (χ0v) is 15.8. The Kier molecular flexibility index (Phi) is 4.33. The third-order valence-electron chi connectivity index (χ3n) is 4.12. The molecule has 4 rings (SSSR count). The monoisotopic (exact) mass is 399 g/mol. The lowest BCUT2D eigenvalue weighted by Gasteiger charge is -2.04. The highest BCUT2D eigenvalue weighted by atomic mass is 35.5. The van der Waals surface area contributed by atoms with Crippen LogP contribution in [0.15, 0.2) is 76.4 Å². The number of aromatic nitrogens is 3. The van der Waals surface area contributed by atoms with Gasteiger partial charge in [0.2, 0.25) is 0 Å². The van der Waals surface area contributed by atoms with Gasteiger partial charge < -0.3 is 4.52 Å². The standard InChI is InChI=1S/C19H14ClN3O3S/c1-13-18(19(22-26-13)14-5-3-2-4-6-14)15-11-21-23(12-15)27(24,25)17-9-7-16(20)8-10-17/h2-12H,1H3. The normalized spacial score (nSPS) is 11.6. The Labute approximate surface area is 161 Å². The van der Waals surface area contributed by atoms with Crippen LogP contribution in [0.3, 0.4) is 0 Å². The van der Waals surface area contributed by atoms with E-state index in [1.807, 2.05) is 30.3 Å². The van der Waals surface area contributed by atoms with Crippen molar-refractivity contribution in [3.05, 3.63) is 77.8 Å². The van der Waals surface area contributed by atoms with Gasteiger partial charge in [0, 0.05) is 16.1 Å². The first-order valence-corrected chi connectivity index (χ1v) is 9.86. The fourth-order valence-electron chi connectivity index (χ4n) is 2.79. The molecular formula is C19H14ClN3O3S. The molecule has 27 heavy (non-hydrogen) atoms. The minimum Gasteiger partial charge on any atom is -0.360 e. The second kappa shape index (κ2) is 6.68. The van der Waals surface area contributed by atoms with E-state index in [-0.39, 0.29) is 4.90 Å². The molecule has 8 heteroatoms. The van der Waals surface area contributed by atoms with E-state index in [9.17, 15) is 8.42 Å². The van der Waals surface area contributed by atoms with Gasteiger partial charge in [-0.2, -0.15) is 17.6 Å². The number of halogens is 1. The summed E-state index contributed by atoms with van der Waals surface area (Å²) >= 11 is 5.84. The van der Waals surface area contributed by atoms with Crippen molar-refractivity contribution in [1.82, 2.24) is 14.3 Å². The summed E-state index contributed by atoms with van der Waals surface area (Å²) in [6, 6.07) is 15.5. The number of benzene rings is 2. The fraction of sp³-hybridized carbons (Fsp3) is 0.0526. The molecule has 0 aliphatic heterocycles. The largest absolute Gasteiger partial charge is 0.360 e. The zero-order valence-electron chi connectivity index (χ0n) is 14.2. The Hall–Kier alpha value is -2.90. The molecule has 0 N–H and O–H groups in total. The van der Waals surface area contributed by atoms with Crippen molar-refractivity contribution in [1.29, 1.82) is 0 Å². The number of hydrogen-bond acceptors (Lipinski definition) is 5. The van der Waals surface area contributed by atoms with E-state index in [0.717, 1.165) is 9.65 Å². The maximum Gasteiger partial charge on any atom is 0.282 e. The highest BCUT2D eigenvalue weighted by molar-refractivity contribution is 7.89. The van der Waals surface area contributed by atoms with E-state index < -0.39 is 10.0 Å². The lowest BCUT2D eigenvalue weighted by atomic mass is 10.0. The minimum atomic E-state index is -3.82. The van der Waals surface area contributed by atoms with Crippen LogP contribution in [0.4, 0.5) is 0 Å². The van der Waals surface area contributed by atoms with Crippen LogP contribution >= 0.6 is 11.6 Å². The number of nitrogens with zero attached hydrogens (tertiary/aromatic N) is 3. The Morgan fingerprint density at radius 2 is 1.70 bits per heavy atom. The molecule has 2 heterocycles. The Morgan fingerprint density at radius 3 is 2.41 bits per heavy atom. The molecule has 0 saturated heterocycles. The van der Waals surface area contributed by atoms with Gasteiger partial charge in [-0.1, -0.05) is 47.1 Å². The van der Waals surface area contributed by atoms with Gasteiger partial charge >= 0.3 is 0 Å². The van der Waals surface area contributed by atoms with Crippen LogP contribution < -0.4 is 0 Å². The van der Waals surface area contributed by atoms with E-state index in [0.29, 0.717) is 27.6 Å². The molecule has 2 aromatic carbocycles. The van der Waals surface area contributed by atoms with Gasteiger partial charge in [-0.25, -0.2) is 0 Å². The van der Waals surface area contributed by atoms with Crippen molar-refractivity contribution in [3.63, 3.8) is 0 Å². The lowest BCUT2D eigenvalue weighted by molar-refractivity contribution is 0.400. The van der Waals surface area contributed by atoms with Gasteiger partial charge in [0.05, 0.1) is 22.9 Å². The predicted molar refractivity (Wildman–Crippen MR) is 102 cm³/mol. The highest BCUT2D eigenvalue weighted by Crippen LogP contribution is 2.34. The second-order valence-electron chi connectivity index (χ2n) is 5.89. The Balaban J connectivity index is 1.78. The summed E-state index contributed by atoms with van der Waals surface area (Å²) in [5.41, 5.74) is 2.82. The molecule has 2 aromatic heterocycles. The maximum atomic E-state index is 12.8. The summed E-state index contributed by atoms with van der Waals surface area (Å²) < 4.78 is 31.9. The summed E-state index contributed by atoms with van der Waals surface area (Å²) in [5.74, 6) is 0.581. The summed E-state index contributed by atoms with van der Waals surface area (Å²) in [6.07, 6.45) is 2.94. The van der Waals surface area contributed by atoms with Gasteiger partial charge in [-0.05, 0) is 31.2 Å². The Morgan fingerprint density at radius 1 is 1.00 bits per heavy atom. The molecule has 0 aliphatic rings. The van der Waals surface area contributed by atoms with E-state index in [1.54, 1.807) is 6.92 Å². The average Bonchev–Trinajstić information content (AvgIpc) is 3.30. The van der Waals surface area contributed by atoms with Crippen LogP contribution in [-0.4, -0.2) is 22.8 Å². The SMILES string of the molecule is Cc1onc(-c2ccccc2)c1-c1cnn(S(=O)(=O)c2ccc(Cl)cc2)c1. The smallest absolute Gasteiger partial charge is 0.282 e. The number of aryl methyl sites for hydroxylation is 1. The first-order valence-electron chi connectivity index (χ1n) is 8.05. The van der Waals surface area contributed by atoms with Crippen molar-refractivity contribution < 1.29 is 12.9 Å². The molecule has 136 valence electrons. The molecule has 0 fully saturated rings. The number of rotatable bonds is 4. The van der Waals surface area contributed by atoms with Crippen molar-refractivity contribution in [3.8, 4) is 22.4 Å². The molecular weight excluding hydrogens is 386 g/mol. The van der Waals surface area contributed by atoms with Crippen molar-refractivity contribution in [2.75, 3.05) is 0 Å². The summed E-state index contributed by atoms with van der Waals surface area (Å²) in [6.45, 7) is 1.78. The van der Waals surface area contributed by atoms with E-state index in [4.69, 9.17) is 16.1 Å². The van der Waals surface area contributed by atoms with Crippen molar-refractivity contribution in [2.45, 2.75) is 11.8 Å². The molecule has 0 saturated carbocycles.